The van der Waals surface area contributed by atoms with Crippen molar-refractivity contribution in [3.05, 3.63) is 60.2 Å². The topological polar surface area (TPSA) is 135 Å². The van der Waals surface area contributed by atoms with E-state index >= 15 is 0 Å². The number of hydrogen-bond acceptors (Lipinski definition) is 3. The molecule has 0 aliphatic heterocycles. The molecule has 0 heterocycles. The van der Waals surface area contributed by atoms with Gasteiger partial charge in [0.25, 0.3) is 0 Å². The van der Waals surface area contributed by atoms with E-state index in [0.717, 1.165) is 11.1 Å². The number of aliphatic hydroxyl groups excluding tert-OH is 1. The molecule has 0 saturated heterocycles. The van der Waals surface area contributed by atoms with E-state index in [1.165, 1.54) is 0 Å². The number of rotatable bonds is 7. The first-order valence-corrected chi connectivity index (χ1v) is 10.9. The van der Waals surface area contributed by atoms with Crippen LogP contribution in [0.25, 0.3) is 11.1 Å². The lowest BCUT2D eigenvalue weighted by molar-refractivity contribution is 0.164. The molecular formula is C16H20O7P2. The van der Waals surface area contributed by atoms with Gasteiger partial charge in [-0.3, -0.25) is 9.13 Å². The number of benzene rings is 2. The Morgan fingerprint density at radius 1 is 0.720 bits per heavy atom. The summed E-state index contributed by atoms with van der Waals surface area (Å²) in [7, 11) is -9.93. The molecular weight excluding hydrogens is 366 g/mol. The van der Waals surface area contributed by atoms with Crippen molar-refractivity contribution in [2.75, 3.05) is 0 Å². The Kier molecular flexibility index (Phi) is 6.35. The van der Waals surface area contributed by atoms with Crippen molar-refractivity contribution in [1.82, 2.24) is 0 Å². The van der Waals surface area contributed by atoms with Crippen LogP contribution < -0.4 is 0 Å². The van der Waals surface area contributed by atoms with Gasteiger partial charge in [-0.05, 0) is 29.5 Å². The Labute approximate surface area is 145 Å². The molecule has 2 aromatic carbocycles. The molecule has 5 N–H and O–H groups in total. The van der Waals surface area contributed by atoms with Crippen LogP contribution in [-0.2, 0) is 9.13 Å². The summed E-state index contributed by atoms with van der Waals surface area (Å²) in [4.78, 5) is 36.4. The molecule has 9 heteroatoms. The van der Waals surface area contributed by atoms with Crippen LogP contribution in [0.1, 0.15) is 24.5 Å². The molecule has 136 valence electrons. The summed E-state index contributed by atoms with van der Waals surface area (Å²) >= 11 is 0. The fourth-order valence-electron chi connectivity index (χ4n) is 2.53. The summed E-state index contributed by atoms with van der Waals surface area (Å²) in [6.07, 6.45) is -1.74. The van der Waals surface area contributed by atoms with Crippen molar-refractivity contribution in [3.63, 3.8) is 0 Å². The van der Waals surface area contributed by atoms with E-state index in [9.17, 15) is 14.2 Å². The smallest absolute Gasteiger partial charge is 0.340 e. The third-order valence-corrected chi connectivity index (χ3v) is 7.75. The molecule has 0 aromatic heterocycles. The molecule has 0 radical (unpaired) electrons. The minimum atomic E-state index is -4.97. The van der Waals surface area contributed by atoms with Crippen LogP contribution in [0.4, 0.5) is 0 Å². The maximum atomic E-state index is 11.2. The highest BCUT2D eigenvalue weighted by atomic mass is 31.2. The summed E-state index contributed by atoms with van der Waals surface area (Å²) in [6.45, 7) is 0. The van der Waals surface area contributed by atoms with E-state index in [0.29, 0.717) is 5.56 Å². The zero-order valence-electron chi connectivity index (χ0n) is 13.2. The molecule has 25 heavy (non-hydrogen) atoms. The lowest BCUT2D eigenvalue weighted by Crippen LogP contribution is -2.11. The highest BCUT2D eigenvalue weighted by Crippen LogP contribution is 2.61. The van der Waals surface area contributed by atoms with Crippen LogP contribution in [0.2, 0.25) is 0 Å². The van der Waals surface area contributed by atoms with Gasteiger partial charge in [0.1, 0.15) is 0 Å². The second-order valence-corrected chi connectivity index (χ2v) is 9.75. The van der Waals surface area contributed by atoms with Gasteiger partial charge < -0.3 is 24.7 Å². The van der Waals surface area contributed by atoms with Crippen LogP contribution in [-0.4, -0.2) is 30.1 Å². The fraction of sp³-hybridized carbons (Fsp3) is 0.250. The second-order valence-electron chi connectivity index (χ2n) is 5.74. The highest BCUT2D eigenvalue weighted by molar-refractivity contribution is 7.70. The first-order valence-electron chi connectivity index (χ1n) is 7.53. The third-order valence-electron chi connectivity index (χ3n) is 3.88. The van der Waals surface area contributed by atoms with Gasteiger partial charge in [0.2, 0.25) is 0 Å². The zero-order chi connectivity index (χ0) is 18.7. The Bertz CT molecular complexity index is 758. The highest BCUT2D eigenvalue weighted by Gasteiger charge is 2.43. The first-order chi connectivity index (χ1) is 11.6. The molecule has 0 amide bonds. The first kappa shape index (κ1) is 20.0. The molecule has 2 aromatic rings. The SMILES string of the molecule is O=P(O)(O)C(CCC(O)c1ccc(-c2ccccc2)cc1)P(=O)(O)O. The number of hydrogen-bond donors (Lipinski definition) is 5. The summed E-state index contributed by atoms with van der Waals surface area (Å²) in [6, 6.07) is 16.6. The summed E-state index contributed by atoms with van der Waals surface area (Å²) in [5.41, 5.74) is 2.46. The quantitative estimate of drug-likeness (QED) is 0.462. The largest absolute Gasteiger partial charge is 0.388 e. The van der Waals surface area contributed by atoms with Crippen LogP contribution in [0.15, 0.2) is 54.6 Å². The van der Waals surface area contributed by atoms with Crippen LogP contribution in [0.3, 0.4) is 0 Å². The van der Waals surface area contributed by atoms with E-state index in [2.05, 4.69) is 0 Å². The predicted octanol–water partition coefficient (Wildman–Crippen LogP) is 2.85. The lowest BCUT2D eigenvalue weighted by Gasteiger charge is -2.21. The maximum Gasteiger partial charge on any atom is 0.340 e. The van der Waals surface area contributed by atoms with Crippen LogP contribution in [0.5, 0.6) is 0 Å². The maximum absolute atomic E-state index is 11.2. The minimum Gasteiger partial charge on any atom is -0.388 e. The molecule has 0 spiro atoms. The Hall–Kier alpha value is -1.30. The third kappa shape index (κ3) is 5.59. The van der Waals surface area contributed by atoms with Crippen LogP contribution in [0, 0.1) is 0 Å². The molecule has 0 fully saturated rings. The van der Waals surface area contributed by atoms with E-state index in [1.807, 2.05) is 30.3 Å². The van der Waals surface area contributed by atoms with Gasteiger partial charge in [0.15, 0.2) is 5.40 Å². The van der Waals surface area contributed by atoms with Crippen molar-refractivity contribution in [3.8, 4) is 11.1 Å². The molecule has 0 bridgehead atoms. The Morgan fingerprint density at radius 2 is 1.20 bits per heavy atom. The average Bonchev–Trinajstić information content (AvgIpc) is 2.53. The summed E-state index contributed by atoms with van der Waals surface area (Å²) in [5.74, 6) is 0. The van der Waals surface area contributed by atoms with Gasteiger partial charge in [-0.2, -0.15) is 0 Å². The van der Waals surface area contributed by atoms with Crippen molar-refractivity contribution in [2.45, 2.75) is 24.3 Å². The monoisotopic (exact) mass is 386 g/mol. The lowest BCUT2D eigenvalue weighted by atomic mass is 10.0. The standard InChI is InChI=1S/C16H20O7P2/c17-15(10-11-16(24(18,19)20)25(21,22)23)14-8-6-13(7-9-14)12-4-2-1-3-5-12/h1-9,15-17H,10-11H2,(H2,18,19,20)(H2,21,22,23). The average molecular weight is 386 g/mol. The van der Waals surface area contributed by atoms with E-state index in [1.54, 1.807) is 24.3 Å². The number of aliphatic hydroxyl groups is 1. The van der Waals surface area contributed by atoms with Gasteiger partial charge in [-0.25, -0.2) is 0 Å². The van der Waals surface area contributed by atoms with Gasteiger partial charge in [-0.1, -0.05) is 54.6 Å². The van der Waals surface area contributed by atoms with E-state index in [-0.39, 0.29) is 6.42 Å². The molecule has 1 atom stereocenters. The van der Waals surface area contributed by atoms with E-state index < -0.39 is 33.1 Å². The van der Waals surface area contributed by atoms with Gasteiger partial charge >= 0.3 is 15.2 Å². The molecule has 0 aliphatic rings. The summed E-state index contributed by atoms with van der Waals surface area (Å²) in [5, 5.41) is 8.06. The van der Waals surface area contributed by atoms with Gasteiger partial charge in [0, 0.05) is 0 Å². The van der Waals surface area contributed by atoms with Crippen molar-refractivity contribution >= 4 is 15.2 Å². The van der Waals surface area contributed by atoms with E-state index in [4.69, 9.17) is 19.6 Å². The summed E-state index contributed by atoms with van der Waals surface area (Å²) < 4.78 is 22.5. The zero-order valence-corrected chi connectivity index (χ0v) is 15.0. The molecule has 0 aliphatic carbocycles. The molecule has 2 rings (SSSR count). The predicted molar refractivity (Wildman–Crippen MR) is 93.9 cm³/mol. The van der Waals surface area contributed by atoms with Crippen molar-refractivity contribution in [2.24, 2.45) is 0 Å². The Balaban J connectivity index is 2.07. The fourth-order valence-corrected chi connectivity index (χ4v) is 5.07. The minimum absolute atomic E-state index is 0.175. The molecule has 7 nitrogen and oxygen atoms in total. The van der Waals surface area contributed by atoms with Crippen molar-refractivity contribution in [1.29, 1.82) is 0 Å². The van der Waals surface area contributed by atoms with Gasteiger partial charge in [-0.15, -0.1) is 0 Å². The molecule has 0 saturated carbocycles. The van der Waals surface area contributed by atoms with Gasteiger partial charge in [0.05, 0.1) is 6.10 Å². The Morgan fingerprint density at radius 3 is 1.68 bits per heavy atom. The van der Waals surface area contributed by atoms with Crippen molar-refractivity contribution < 1.29 is 33.8 Å². The van der Waals surface area contributed by atoms with Crippen LogP contribution >= 0.6 is 15.2 Å². The normalized spacial score (nSPS) is 13.8. The second kappa shape index (κ2) is 7.94. The molecule has 1 unspecified atom stereocenters.